The van der Waals surface area contributed by atoms with Crippen molar-refractivity contribution in [1.29, 1.82) is 0 Å². The van der Waals surface area contributed by atoms with Crippen LogP contribution in [0, 0.1) is 0 Å². The number of nitrogens with zero attached hydrogens (tertiary/aromatic N) is 2. The molecule has 0 bridgehead atoms. The molecule has 0 spiro atoms. The van der Waals surface area contributed by atoms with Crippen LogP contribution in [0.5, 0.6) is 11.5 Å². The van der Waals surface area contributed by atoms with Crippen molar-refractivity contribution in [3.8, 4) is 11.5 Å². The molecular formula is C14H23N3O2. The first-order chi connectivity index (χ1) is 9.15. The molecule has 1 heterocycles. The Balaban J connectivity index is 1.76. The number of phenolic OH excluding ortho intramolecular Hbond substituents is 2. The molecule has 5 nitrogen and oxygen atoms in total. The Morgan fingerprint density at radius 2 is 1.95 bits per heavy atom. The van der Waals surface area contributed by atoms with Gasteiger partial charge in [0.15, 0.2) is 11.5 Å². The predicted octanol–water partition coefficient (Wildman–Crippen LogP) is 0.435. The minimum atomic E-state index is -0.0628. The van der Waals surface area contributed by atoms with Crippen LogP contribution in [0.3, 0.4) is 0 Å². The number of nitrogens with one attached hydrogen (secondary N) is 1. The SMILES string of the molecule is CN(CCN1CCNCC1)Cc1ccc(O)c(O)c1. The maximum Gasteiger partial charge on any atom is 0.157 e. The van der Waals surface area contributed by atoms with Crippen LogP contribution in [0.4, 0.5) is 0 Å². The summed E-state index contributed by atoms with van der Waals surface area (Å²) in [7, 11) is 2.08. The van der Waals surface area contributed by atoms with Crippen LogP contribution < -0.4 is 5.32 Å². The Bertz CT molecular complexity index is 406. The van der Waals surface area contributed by atoms with Gasteiger partial charge in [-0.1, -0.05) is 6.07 Å². The highest BCUT2D eigenvalue weighted by atomic mass is 16.3. The highest BCUT2D eigenvalue weighted by Crippen LogP contribution is 2.25. The number of rotatable bonds is 5. The first-order valence-electron chi connectivity index (χ1n) is 6.77. The highest BCUT2D eigenvalue weighted by molar-refractivity contribution is 5.40. The van der Waals surface area contributed by atoms with Crippen molar-refractivity contribution < 1.29 is 10.2 Å². The molecule has 1 aliphatic heterocycles. The van der Waals surface area contributed by atoms with Gasteiger partial charge in [0.2, 0.25) is 0 Å². The second kappa shape index (κ2) is 6.75. The molecule has 0 radical (unpaired) electrons. The van der Waals surface area contributed by atoms with Crippen molar-refractivity contribution in [2.75, 3.05) is 46.3 Å². The Morgan fingerprint density at radius 3 is 2.63 bits per heavy atom. The van der Waals surface area contributed by atoms with Crippen molar-refractivity contribution in [1.82, 2.24) is 15.1 Å². The summed E-state index contributed by atoms with van der Waals surface area (Å²) >= 11 is 0. The minimum Gasteiger partial charge on any atom is -0.504 e. The van der Waals surface area contributed by atoms with Gasteiger partial charge in [0.05, 0.1) is 0 Å². The normalized spacial score (nSPS) is 16.9. The molecule has 0 saturated carbocycles. The van der Waals surface area contributed by atoms with E-state index in [0.29, 0.717) is 0 Å². The Labute approximate surface area is 114 Å². The molecule has 5 heteroatoms. The molecule has 1 aromatic rings. The van der Waals surface area contributed by atoms with E-state index >= 15 is 0 Å². The average Bonchev–Trinajstić information content (AvgIpc) is 2.42. The number of hydrogen-bond donors (Lipinski definition) is 3. The van der Waals surface area contributed by atoms with Crippen LogP contribution in [-0.4, -0.2) is 66.3 Å². The number of hydrogen-bond acceptors (Lipinski definition) is 5. The van der Waals surface area contributed by atoms with E-state index in [1.807, 2.05) is 6.07 Å². The molecule has 1 saturated heterocycles. The zero-order valence-corrected chi connectivity index (χ0v) is 11.5. The van der Waals surface area contributed by atoms with Crippen molar-refractivity contribution in [3.05, 3.63) is 23.8 Å². The molecular weight excluding hydrogens is 242 g/mol. The lowest BCUT2D eigenvalue weighted by molar-refractivity contribution is 0.202. The fraction of sp³-hybridized carbons (Fsp3) is 0.571. The molecule has 0 unspecified atom stereocenters. The van der Waals surface area contributed by atoms with Crippen molar-refractivity contribution in [2.45, 2.75) is 6.54 Å². The van der Waals surface area contributed by atoms with Gasteiger partial charge in [0, 0.05) is 45.8 Å². The largest absolute Gasteiger partial charge is 0.504 e. The van der Waals surface area contributed by atoms with Gasteiger partial charge in [0.1, 0.15) is 0 Å². The lowest BCUT2D eigenvalue weighted by Gasteiger charge is -2.29. The third-order valence-electron chi connectivity index (χ3n) is 3.50. The first-order valence-corrected chi connectivity index (χ1v) is 6.77. The van der Waals surface area contributed by atoms with E-state index in [0.717, 1.165) is 51.4 Å². The lowest BCUT2D eigenvalue weighted by Crippen LogP contribution is -2.45. The van der Waals surface area contributed by atoms with Gasteiger partial charge in [-0.15, -0.1) is 0 Å². The molecule has 1 fully saturated rings. The monoisotopic (exact) mass is 265 g/mol. The number of aromatic hydroxyl groups is 2. The van der Waals surface area contributed by atoms with Crippen molar-refractivity contribution >= 4 is 0 Å². The summed E-state index contributed by atoms with van der Waals surface area (Å²) in [6.45, 7) is 7.25. The lowest BCUT2D eigenvalue weighted by atomic mass is 10.2. The second-order valence-electron chi connectivity index (χ2n) is 5.15. The Morgan fingerprint density at radius 1 is 1.21 bits per heavy atom. The third-order valence-corrected chi connectivity index (χ3v) is 3.50. The van der Waals surface area contributed by atoms with E-state index in [4.69, 9.17) is 0 Å². The van der Waals surface area contributed by atoms with Crippen molar-refractivity contribution in [3.63, 3.8) is 0 Å². The fourth-order valence-corrected chi connectivity index (χ4v) is 2.30. The Kier molecular flexibility index (Phi) is 5.01. The number of benzene rings is 1. The molecule has 1 aliphatic rings. The van der Waals surface area contributed by atoms with Gasteiger partial charge in [0.25, 0.3) is 0 Å². The number of piperazine rings is 1. The molecule has 106 valence electrons. The highest BCUT2D eigenvalue weighted by Gasteiger charge is 2.10. The van der Waals surface area contributed by atoms with Gasteiger partial charge in [-0.2, -0.15) is 0 Å². The smallest absolute Gasteiger partial charge is 0.157 e. The van der Waals surface area contributed by atoms with E-state index < -0.39 is 0 Å². The van der Waals surface area contributed by atoms with Gasteiger partial charge in [-0.3, -0.25) is 4.90 Å². The zero-order valence-electron chi connectivity index (χ0n) is 11.5. The quantitative estimate of drug-likeness (QED) is 0.674. The molecule has 2 rings (SSSR count). The standard InChI is InChI=1S/C14H23N3O2/c1-16(8-9-17-6-4-15-5-7-17)11-12-2-3-13(18)14(19)10-12/h2-3,10,15,18-19H,4-9,11H2,1H3. The van der Waals surface area contributed by atoms with Crippen molar-refractivity contribution in [2.24, 2.45) is 0 Å². The molecule has 19 heavy (non-hydrogen) atoms. The summed E-state index contributed by atoms with van der Waals surface area (Å²) in [5, 5.41) is 22.1. The Hall–Kier alpha value is -1.30. The van der Waals surface area contributed by atoms with E-state index in [9.17, 15) is 10.2 Å². The van der Waals surface area contributed by atoms with Crippen LogP contribution in [-0.2, 0) is 6.54 Å². The fourth-order valence-electron chi connectivity index (χ4n) is 2.30. The summed E-state index contributed by atoms with van der Waals surface area (Å²) in [4.78, 5) is 4.69. The van der Waals surface area contributed by atoms with Crippen LogP contribution >= 0.6 is 0 Å². The average molecular weight is 265 g/mol. The van der Waals surface area contributed by atoms with Crippen LogP contribution in [0.25, 0.3) is 0 Å². The van der Waals surface area contributed by atoms with E-state index in [2.05, 4.69) is 22.2 Å². The summed E-state index contributed by atoms with van der Waals surface area (Å²) < 4.78 is 0. The maximum atomic E-state index is 9.46. The summed E-state index contributed by atoms with van der Waals surface area (Å²) in [5.41, 5.74) is 1.01. The maximum absolute atomic E-state index is 9.46. The molecule has 0 aliphatic carbocycles. The minimum absolute atomic E-state index is 0.0481. The van der Waals surface area contributed by atoms with Gasteiger partial charge < -0.3 is 20.4 Å². The second-order valence-corrected chi connectivity index (χ2v) is 5.15. The van der Waals surface area contributed by atoms with Gasteiger partial charge in [-0.05, 0) is 24.7 Å². The van der Waals surface area contributed by atoms with Gasteiger partial charge >= 0.3 is 0 Å². The van der Waals surface area contributed by atoms with Gasteiger partial charge in [-0.25, -0.2) is 0 Å². The van der Waals surface area contributed by atoms with Crippen LogP contribution in [0.1, 0.15) is 5.56 Å². The molecule has 0 aromatic heterocycles. The molecule has 1 aromatic carbocycles. The van der Waals surface area contributed by atoms with Crippen LogP contribution in [0.15, 0.2) is 18.2 Å². The summed E-state index contributed by atoms with van der Waals surface area (Å²) in [6, 6.07) is 5.00. The third kappa shape index (κ3) is 4.38. The van der Waals surface area contributed by atoms with E-state index in [-0.39, 0.29) is 11.5 Å². The summed E-state index contributed by atoms with van der Waals surface area (Å²) in [5.74, 6) is -0.111. The number of phenols is 2. The van der Waals surface area contributed by atoms with Crippen LogP contribution in [0.2, 0.25) is 0 Å². The molecule has 0 amide bonds. The van der Waals surface area contributed by atoms with E-state index in [1.54, 1.807) is 6.07 Å². The molecule has 3 N–H and O–H groups in total. The topological polar surface area (TPSA) is 59.0 Å². The summed E-state index contributed by atoms with van der Waals surface area (Å²) in [6.07, 6.45) is 0. The zero-order chi connectivity index (χ0) is 13.7. The molecule has 0 atom stereocenters. The predicted molar refractivity (Wildman–Crippen MR) is 75.4 cm³/mol. The van der Waals surface area contributed by atoms with E-state index in [1.165, 1.54) is 6.07 Å². The first kappa shape index (κ1) is 14.1. The number of likely N-dealkylation sites (N-methyl/N-ethyl adjacent to an activating group) is 1.